The zero-order valence-electron chi connectivity index (χ0n) is 27.4. The highest BCUT2D eigenvalue weighted by atomic mass is 19.4. The lowest BCUT2D eigenvalue weighted by atomic mass is 9.95. The van der Waals surface area contributed by atoms with Gasteiger partial charge in [0.05, 0.1) is 40.5 Å². The molecule has 0 aliphatic carbocycles. The minimum absolute atomic E-state index is 0.0553. The largest absolute Gasteiger partial charge is 0.416 e. The highest BCUT2D eigenvalue weighted by Gasteiger charge is 2.37. The third-order valence-electron chi connectivity index (χ3n) is 8.72. The van der Waals surface area contributed by atoms with Crippen LogP contribution in [-0.4, -0.2) is 80.0 Å². The zero-order valence-corrected chi connectivity index (χ0v) is 27.4. The summed E-state index contributed by atoms with van der Waals surface area (Å²) in [6.45, 7) is 5.47. The van der Waals surface area contributed by atoms with Crippen LogP contribution in [0.2, 0.25) is 0 Å². The number of hydrogen-bond donors (Lipinski definition) is 1. The molecule has 2 amide bonds. The smallest absolute Gasteiger partial charge is 0.343 e. The molecular formula is C34H37F3N8O3. The summed E-state index contributed by atoms with van der Waals surface area (Å²) in [7, 11) is 5.19. The number of alkyl halides is 3. The number of nitrogens with zero attached hydrogens (tertiary/aromatic N) is 7. The lowest BCUT2D eigenvalue weighted by Gasteiger charge is -2.35. The Kier molecular flexibility index (Phi) is 9.37. The van der Waals surface area contributed by atoms with E-state index in [1.165, 1.54) is 34.7 Å². The van der Waals surface area contributed by atoms with Gasteiger partial charge in [0.15, 0.2) is 0 Å². The van der Waals surface area contributed by atoms with Gasteiger partial charge in [-0.3, -0.25) is 19.1 Å². The summed E-state index contributed by atoms with van der Waals surface area (Å²) in [6.07, 6.45) is -1.34. The molecule has 0 bridgehead atoms. The molecule has 0 radical (unpaired) electrons. The summed E-state index contributed by atoms with van der Waals surface area (Å²) in [4.78, 5) is 45.8. The normalized spacial score (nSPS) is 14.5. The molecule has 0 saturated carbocycles. The summed E-state index contributed by atoms with van der Waals surface area (Å²) in [5.41, 5.74) is -2.56. The first-order chi connectivity index (χ1) is 22.6. The molecule has 1 aliphatic rings. The molecule has 2 aromatic carbocycles. The van der Waals surface area contributed by atoms with Gasteiger partial charge >= 0.3 is 6.18 Å². The molecule has 3 heterocycles. The van der Waals surface area contributed by atoms with Crippen molar-refractivity contribution in [2.24, 2.45) is 13.0 Å². The molecule has 0 unspecified atom stereocenters. The van der Waals surface area contributed by atoms with Gasteiger partial charge in [-0.2, -0.15) is 23.5 Å². The lowest BCUT2D eigenvalue weighted by molar-refractivity contribution is -0.137. The number of carbonyl (C=O) groups excluding carboxylic acids is 2. The van der Waals surface area contributed by atoms with E-state index in [1.807, 2.05) is 6.07 Å². The van der Waals surface area contributed by atoms with Gasteiger partial charge in [-0.15, -0.1) is 0 Å². The molecule has 48 heavy (non-hydrogen) atoms. The second kappa shape index (κ2) is 13.2. The van der Waals surface area contributed by atoms with Gasteiger partial charge in [-0.1, -0.05) is 6.07 Å². The molecule has 1 saturated heterocycles. The van der Waals surface area contributed by atoms with Crippen LogP contribution < -0.4 is 10.9 Å². The van der Waals surface area contributed by atoms with Gasteiger partial charge in [0.1, 0.15) is 16.8 Å². The number of likely N-dealkylation sites (N-methyl/N-ethyl adjacent to an activating group) is 1. The van der Waals surface area contributed by atoms with Crippen molar-refractivity contribution in [3.05, 3.63) is 87.8 Å². The van der Waals surface area contributed by atoms with Gasteiger partial charge in [0.2, 0.25) is 5.91 Å². The average molecular weight is 663 g/mol. The molecule has 4 aromatic rings. The highest BCUT2D eigenvalue weighted by molar-refractivity contribution is 6.03. The van der Waals surface area contributed by atoms with Gasteiger partial charge < -0.3 is 15.1 Å². The van der Waals surface area contributed by atoms with Gasteiger partial charge in [0.25, 0.3) is 11.5 Å². The van der Waals surface area contributed by atoms with Crippen LogP contribution in [0.1, 0.15) is 48.2 Å². The third-order valence-corrected chi connectivity index (χ3v) is 8.72. The fourth-order valence-electron chi connectivity index (χ4n) is 6.17. The lowest BCUT2D eigenvalue weighted by Crippen LogP contribution is -2.56. The number of halogens is 3. The fourth-order valence-corrected chi connectivity index (χ4v) is 6.17. The predicted molar refractivity (Wildman–Crippen MR) is 173 cm³/mol. The standard InChI is InChI=1S/C34H37F3N8O3/c1-33(2,32(48)42(4)21-23-14-17-41(3)18-15-23)40-30(46)28-29(27-13-16-39-44(27)25-11-9-22(20-38)10-12-25)43(5)45(31(28)47)26-8-6-7-24(19-26)34(35,36)37/h6-13,16,19,23H,14-15,17-18,21H2,1-5H3,(H,40,46). The minimum Gasteiger partial charge on any atom is -0.343 e. The Hall–Kier alpha value is -5.16. The molecule has 14 heteroatoms. The number of amides is 2. The number of nitrogens with one attached hydrogen (secondary N) is 1. The third kappa shape index (κ3) is 6.77. The Morgan fingerprint density at radius 1 is 1.04 bits per heavy atom. The highest BCUT2D eigenvalue weighted by Crippen LogP contribution is 2.31. The number of likely N-dealkylation sites (tertiary alicyclic amines) is 1. The van der Waals surface area contributed by atoms with Crippen LogP contribution in [0, 0.1) is 17.2 Å². The number of carbonyl (C=O) groups is 2. The number of nitriles is 1. The van der Waals surface area contributed by atoms with Crippen molar-refractivity contribution < 1.29 is 22.8 Å². The maximum atomic E-state index is 14.2. The predicted octanol–water partition coefficient (Wildman–Crippen LogP) is 4.23. The summed E-state index contributed by atoms with van der Waals surface area (Å²) < 4.78 is 44.8. The molecule has 11 nitrogen and oxygen atoms in total. The molecule has 1 N–H and O–H groups in total. The topological polar surface area (TPSA) is 121 Å². The SMILES string of the molecule is CN1CCC(CN(C)C(=O)C(C)(C)NC(=O)c2c(-c3ccnn3-c3ccc(C#N)cc3)n(C)n(-c3cccc(C(F)(F)F)c3)c2=O)CC1. The van der Waals surface area contributed by atoms with Crippen molar-refractivity contribution in [3.8, 4) is 28.8 Å². The molecule has 1 aliphatic heterocycles. The number of piperidine rings is 1. The Morgan fingerprint density at radius 2 is 1.71 bits per heavy atom. The van der Waals surface area contributed by atoms with Crippen LogP contribution in [0.3, 0.4) is 0 Å². The first kappa shape index (κ1) is 34.2. The zero-order chi connectivity index (χ0) is 35.0. The van der Waals surface area contributed by atoms with E-state index in [9.17, 15) is 32.8 Å². The Labute approximate surface area is 275 Å². The van der Waals surface area contributed by atoms with Crippen molar-refractivity contribution in [2.75, 3.05) is 33.7 Å². The van der Waals surface area contributed by atoms with Crippen LogP contribution in [0.4, 0.5) is 13.2 Å². The molecular weight excluding hydrogens is 625 g/mol. The van der Waals surface area contributed by atoms with Crippen LogP contribution in [0.5, 0.6) is 0 Å². The molecule has 0 atom stereocenters. The molecule has 0 spiro atoms. The van der Waals surface area contributed by atoms with Crippen molar-refractivity contribution in [1.82, 2.24) is 34.3 Å². The second-order valence-electron chi connectivity index (χ2n) is 12.7. The Balaban J connectivity index is 1.58. The van der Waals surface area contributed by atoms with E-state index >= 15 is 0 Å². The Morgan fingerprint density at radius 3 is 2.33 bits per heavy atom. The fraction of sp³-hybridized carbons (Fsp3) is 0.382. The summed E-state index contributed by atoms with van der Waals surface area (Å²) in [5, 5.41) is 16.3. The first-order valence-corrected chi connectivity index (χ1v) is 15.4. The average Bonchev–Trinajstić information content (AvgIpc) is 3.62. The quantitative estimate of drug-likeness (QED) is 0.302. The second-order valence-corrected chi connectivity index (χ2v) is 12.7. The van der Waals surface area contributed by atoms with E-state index in [0.717, 1.165) is 42.7 Å². The Bertz CT molecular complexity index is 1920. The number of rotatable bonds is 8. The summed E-state index contributed by atoms with van der Waals surface area (Å²) >= 11 is 0. The molecule has 2 aromatic heterocycles. The summed E-state index contributed by atoms with van der Waals surface area (Å²) in [5.74, 6) is -0.924. The summed E-state index contributed by atoms with van der Waals surface area (Å²) in [6, 6.07) is 14.3. The van der Waals surface area contributed by atoms with Crippen molar-refractivity contribution in [2.45, 2.75) is 38.4 Å². The molecule has 5 rings (SSSR count). The van der Waals surface area contributed by atoms with Crippen molar-refractivity contribution in [3.63, 3.8) is 0 Å². The van der Waals surface area contributed by atoms with E-state index in [2.05, 4.69) is 22.4 Å². The molecule has 1 fully saturated rings. The monoisotopic (exact) mass is 662 g/mol. The van der Waals surface area contributed by atoms with Crippen LogP contribution in [-0.2, 0) is 18.0 Å². The van der Waals surface area contributed by atoms with Crippen molar-refractivity contribution >= 4 is 11.8 Å². The van der Waals surface area contributed by atoms with Crippen molar-refractivity contribution in [1.29, 1.82) is 5.26 Å². The molecule has 252 valence electrons. The van der Waals surface area contributed by atoms with Gasteiger partial charge in [-0.25, -0.2) is 9.36 Å². The first-order valence-electron chi connectivity index (χ1n) is 15.4. The van der Waals surface area contributed by atoms with Crippen LogP contribution in [0.15, 0.2) is 65.6 Å². The number of benzene rings is 2. The van der Waals surface area contributed by atoms with E-state index in [-0.39, 0.29) is 28.5 Å². The van der Waals surface area contributed by atoms with Gasteiger partial charge in [0, 0.05) is 20.6 Å². The van der Waals surface area contributed by atoms with E-state index < -0.39 is 28.7 Å². The maximum Gasteiger partial charge on any atom is 0.416 e. The van der Waals surface area contributed by atoms with E-state index in [4.69, 9.17) is 0 Å². The van der Waals surface area contributed by atoms with Gasteiger partial charge in [-0.05, 0) is 101 Å². The van der Waals surface area contributed by atoms with Crippen LogP contribution in [0.25, 0.3) is 22.8 Å². The van der Waals surface area contributed by atoms with E-state index in [1.54, 1.807) is 56.1 Å². The number of hydrogen-bond acceptors (Lipinski definition) is 6. The number of aromatic nitrogens is 4. The van der Waals surface area contributed by atoms with E-state index in [0.29, 0.717) is 23.7 Å². The maximum absolute atomic E-state index is 14.2. The van der Waals surface area contributed by atoms with Crippen LogP contribution >= 0.6 is 0 Å². The minimum atomic E-state index is -4.67.